The van der Waals surface area contributed by atoms with Gasteiger partial charge in [0.25, 0.3) is 0 Å². The Bertz CT molecular complexity index is 296. The van der Waals surface area contributed by atoms with E-state index in [1.807, 2.05) is 0 Å². The second-order valence-corrected chi connectivity index (χ2v) is 3.96. The number of hydrogen-bond acceptors (Lipinski definition) is 4. The van der Waals surface area contributed by atoms with Crippen molar-refractivity contribution in [3.05, 3.63) is 12.5 Å². The van der Waals surface area contributed by atoms with E-state index >= 15 is 0 Å². The van der Waals surface area contributed by atoms with E-state index in [9.17, 15) is 4.79 Å². The number of carbonyl (C=O) groups excluding carboxylic acids is 1. The Kier molecular flexibility index (Phi) is 4.30. The van der Waals surface area contributed by atoms with Crippen LogP contribution in [0.25, 0.3) is 0 Å². The van der Waals surface area contributed by atoms with Crippen LogP contribution < -0.4 is 11.1 Å². The SMILES string of the molecule is CC(C)CC(CN)C(=O)Nc1cnoc1. The molecule has 1 atom stereocenters. The van der Waals surface area contributed by atoms with Crippen LogP contribution in [-0.4, -0.2) is 17.6 Å². The van der Waals surface area contributed by atoms with Crippen molar-refractivity contribution < 1.29 is 9.32 Å². The highest BCUT2D eigenvalue weighted by molar-refractivity contribution is 5.92. The van der Waals surface area contributed by atoms with E-state index in [1.54, 1.807) is 0 Å². The van der Waals surface area contributed by atoms with Gasteiger partial charge in [-0.25, -0.2) is 0 Å². The Morgan fingerprint density at radius 2 is 2.40 bits per heavy atom. The number of aromatic nitrogens is 1. The average molecular weight is 211 g/mol. The van der Waals surface area contributed by atoms with E-state index in [1.165, 1.54) is 12.5 Å². The van der Waals surface area contributed by atoms with Crippen LogP contribution in [0.2, 0.25) is 0 Å². The summed E-state index contributed by atoms with van der Waals surface area (Å²) in [5.74, 6) is 0.223. The first-order valence-corrected chi connectivity index (χ1v) is 5.03. The molecule has 0 bridgehead atoms. The summed E-state index contributed by atoms with van der Waals surface area (Å²) in [6.07, 6.45) is 3.63. The fourth-order valence-electron chi connectivity index (χ4n) is 1.39. The van der Waals surface area contributed by atoms with Crippen molar-refractivity contribution in [2.24, 2.45) is 17.6 Å². The van der Waals surface area contributed by atoms with Crippen molar-refractivity contribution in [1.29, 1.82) is 0 Å². The molecule has 1 aromatic heterocycles. The normalized spacial score (nSPS) is 12.8. The minimum Gasteiger partial charge on any atom is -0.363 e. The third kappa shape index (κ3) is 3.71. The van der Waals surface area contributed by atoms with Gasteiger partial charge in [-0.2, -0.15) is 0 Å². The van der Waals surface area contributed by atoms with Crippen LogP contribution in [0.15, 0.2) is 17.0 Å². The van der Waals surface area contributed by atoms with Gasteiger partial charge in [-0.05, 0) is 12.3 Å². The topological polar surface area (TPSA) is 81.2 Å². The Morgan fingerprint density at radius 1 is 1.67 bits per heavy atom. The van der Waals surface area contributed by atoms with E-state index in [0.29, 0.717) is 18.2 Å². The molecule has 1 rings (SSSR count). The fourth-order valence-corrected chi connectivity index (χ4v) is 1.39. The van der Waals surface area contributed by atoms with Crippen molar-refractivity contribution in [3.8, 4) is 0 Å². The van der Waals surface area contributed by atoms with Crippen LogP contribution >= 0.6 is 0 Å². The monoisotopic (exact) mass is 211 g/mol. The average Bonchev–Trinajstić information content (AvgIpc) is 2.66. The standard InChI is InChI=1S/C10H17N3O2/c1-7(2)3-8(4-11)10(14)13-9-5-12-15-6-9/h5-8H,3-4,11H2,1-2H3,(H,13,14). The van der Waals surface area contributed by atoms with Gasteiger partial charge in [0.2, 0.25) is 5.91 Å². The molecule has 1 amide bonds. The maximum Gasteiger partial charge on any atom is 0.228 e. The molecule has 3 N–H and O–H groups in total. The summed E-state index contributed by atoms with van der Waals surface area (Å²) in [6.45, 7) is 4.49. The molecule has 0 saturated heterocycles. The van der Waals surface area contributed by atoms with E-state index in [2.05, 4.69) is 28.8 Å². The second-order valence-electron chi connectivity index (χ2n) is 3.96. The second kappa shape index (κ2) is 5.50. The lowest BCUT2D eigenvalue weighted by Gasteiger charge is -2.15. The van der Waals surface area contributed by atoms with Gasteiger partial charge in [-0.15, -0.1) is 0 Å². The first-order valence-electron chi connectivity index (χ1n) is 5.03. The van der Waals surface area contributed by atoms with Crippen molar-refractivity contribution in [3.63, 3.8) is 0 Å². The fraction of sp³-hybridized carbons (Fsp3) is 0.600. The Balaban J connectivity index is 2.50. The van der Waals surface area contributed by atoms with Crippen LogP contribution in [0.4, 0.5) is 5.69 Å². The number of rotatable bonds is 5. The van der Waals surface area contributed by atoms with Gasteiger partial charge in [0, 0.05) is 6.54 Å². The number of amides is 1. The number of carbonyl (C=O) groups is 1. The summed E-state index contributed by atoms with van der Waals surface area (Å²) in [6, 6.07) is 0. The van der Waals surface area contributed by atoms with Gasteiger partial charge < -0.3 is 15.6 Å². The Morgan fingerprint density at radius 3 is 2.87 bits per heavy atom. The number of anilines is 1. The lowest BCUT2D eigenvalue weighted by Crippen LogP contribution is -2.30. The smallest absolute Gasteiger partial charge is 0.228 e. The molecule has 0 fully saturated rings. The third-order valence-electron chi connectivity index (χ3n) is 2.11. The molecule has 0 spiro atoms. The lowest BCUT2D eigenvalue weighted by atomic mass is 9.96. The first kappa shape index (κ1) is 11.7. The van der Waals surface area contributed by atoms with E-state index in [-0.39, 0.29) is 11.8 Å². The summed E-state index contributed by atoms with van der Waals surface area (Å²) in [4.78, 5) is 11.7. The molecule has 15 heavy (non-hydrogen) atoms. The van der Waals surface area contributed by atoms with Crippen LogP contribution in [0.1, 0.15) is 20.3 Å². The molecule has 0 aliphatic heterocycles. The maximum atomic E-state index is 11.7. The van der Waals surface area contributed by atoms with Crippen molar-refractivity contribution in [2.45, 2.75) is 20.3 Å². The molecular weight excluding hydrogens is 194 g/mol. The van der Waals surface area contributed by atoms with Crippen molar-refractivity contribution in [2.75, 3.05) is 11.9 Å². The molecule has 1 unspecified atom stereocenters. The molecule has 0 aromatic carbocycles. The summed E-state index contributed by atoms with van der Waals surface area (Å²) in [7, 11) is 0. The van der Waals surface area contributed by atoms with E-state index < -0.39 is 0 Å². The zero-order chi connectivity index (χ0) is 11.3. The number of hydrogen-bond donors (Lipinski definition) is 2. The zero-order valence-corrected chi connectivity index (χ0v) is 9.06. The molecule has 5 nitrogen and oxygen atoms in total. The first-order chi connectivity index (χ1) is 7.13. The Hall–Kier alpha value is -1.36. The van der Waals surface area contributed by atoms with Gasteiger partial charge >= 0.3 is 0 Å². The van der Waals surface area contributed by atoms with Crippen molar-refractivity contribution in [1.82, 2.24) is 5.16 Å². The summed E-state index contributed by atoms with van der Waals surface area (Å²) in [5.41, 5.74) is 6.12. The lowest BCUT2D eigenvalue weighted by molar-refractivity contribution is -0.120. The Labute approximate surface area is 89.0 Å². The minimum atomic E-state index is -0.153. The number of nitrogens with one attached hydrogen (secondary N) is 1. The number of nitrogens with two attached hydrogens (primary N) is 1. The van der Waals surface area contributed by atoms with Crippen molar-refractivity contribution >= 4 is 11.6 Å². The zero-order valence-electron chi connectivity index (χ0n) is 9.06. The van der Waals surface area contributed by atoms with E-state index in [4.69, 9.17) is 5.73 Å². The molecule has 0 aliphatic rings. The molecule has 0 aliphatic carbocycles. The highest BCUT2D eigenvalue weighted by Crippen LogP contribution is 2.13. The third-order valence-corrected chi connectivity index (χ3v) is 2.11. The van der Waals surface area contributed by atoms with Crippen LogP contribution in [0, 0.1) is 11.8 Å². The minimum absolute atomic E-state index is 0.0746. The van der Waals surface area contributed by atoms with Gasteiger partial charge in [-0.3, -0.25) is 4.79 Å². The quantitative estimate of drug-likeness (QED) is 0.767. The van der Waals surface area contributed by atoms with Crippen LogP contribution in [0.5, 0.6) is 0 Å². The summed E-state index contributed by atoms with van der Waals surface area (Å²) in [5, 5.41) is 6.20. The van der Waals surface area contributed by atoms with Gasteiger partial charge in [0.15, 0.2) is 0 Å². The van der Waals surface area contributed by atoms with Crippen LogP contribution in [0.3, 0.4) is 0 Å². The van der Waals surface area contributed by atoms with Gasteiger partial charge in [-0.1, -0.05) is 19.0 Å². The molecule has 1 heterocycles. The molecule has 0 saturated carbocycles. The number of nitrogens with zero attached hydrogens (tertiary/aromatic N) is 1. The van der Waals surface area contributed by atoms with Crippen LogP contribution in [-0.2, 0) is 4.79 Å². The molecule has 1 aromatic rings. The summed E-state index contributed by atoms with van der Waals surface area (Å²) < 4.78 is 4.61. The predicted molar refractivity (Wildman–Crippen MR) is 57.1 cm³/mol. The molecule has 84 valence electrons. The van der Waals surface area contributed by atoms with Gasteiger partial charge in [0.1, 0.15) is 12.0 Å². The van der Waals surface area contributed by atoms with E-state index in [0.717, 1.165) is 6.42 Å². The molecule has 5 heteroatoms. The molecular formula is C10H17N3O2. The molecule has 0 radical (unpaired) electrons. The maximum absolute atomic E-state index is 11.7. The highest BCUT2D eigenvalue weighted by atomic mass is 16.5. The predicted octanol–water partition coefficient (Wildman–Crippen LogP) is 1.23. The largest absolute Gasteiger partial charge is 0.363 e. The summed E-state index contributed by atoms with van der Waals surface area (Å²) >= 11 is 0. The van der Waals surface area contributed by atoms with Gasteiger partial charge in [0.05, 0.1) is 12.1 Å². The highest BCUT2D eigenvalue weighted by Gasteiger charge is 2.18.